The summed E-state index contributed by atoms with van der Waals surface area (Å²) in [6.45, 7) is 11.3. The topological polar surface area (TPSA) is 170 Å². The molecular weight excluding hydrogens is 701 g/mol. The van der Waals surface area contributed by atoms with Gasteiger partial charge in [-0.15, -0.1) is 0 Å². The molecule has 0 aromatic heterocycles. The molecular formula is C36H48N2O9S3. The Morgan fingerprint density at radius 2 is 1.40 bits per heavy atom. The van der Waals surface area contributed by atoms with Crippen LogP contribution in [0.2, 0.25) is 0 Å². The van der Waals surface area contributed by atoms with Gasteiger partial charge in [-0.05, 0) is 74.1 Å². The summed E-state index contributed by atoms with van der Waals surface area (Å²) in [6, 6.07) is 12.7. The molecule has 0 amide bonds. The minimum atomic E-state index is -4.42. The van der Waals surface area contributed by atoms with Crippen LogP contribution >= 0.6 is 0 Å². The monoisotopic (exact) mass is 748 g/mol. The van der Waals surface area contributed by atoms with Crippen molar-refractivity contribution in [3.63, 3.8) is 0 Å². The second-order valence-electron chi connectivity index (χ2n) is 14.0. The number of fused-ring (bicyclic) bond motifs is 2. The Morgan fingerprint density at radius 1 is 0.780 bits per heavy atom. The van der Waals surface area contributed by atoms with Gasteiger partial charge in [0.1, 0.15) is 0 Å². The van der Waals surface area contributed by atoms with Gasteiger partial charge in [0.25, 0.3) is 30.4 Å². The van der Waals surface area contributed by atoms with E-state index in [2.05, 4.69) is 37.0 Å². The number of unbranched alkanes of at least 4 members (excludes halogenated alkanes) is 2. The highest BCUT2D eigenvalue weighted by molar-refractivity contribution is 7.86. The van der Waals surface area contributed by atoms with Crippen molar-refractivity contribution in [1.29, 1.82) is 0 Å². The van der Waals surface area contributed by atoms with Crippen molar-refractivity contribution in [2.24, 2.45) is 0 Å². The second-order valence-corrected chi connectivity index (χ2v) is 18.6. The fraction of sp³-hybridized carbons (Fsp3) is 0.444. The average Bonchev–Trinajstić information content (AvgIpc) is 3.34. The van der Waals surface area contributed by atoms with Gasteiger partial charge in [-0.3, -0.25) is 13.7 Å². The van der Waals surface area contributed by atoms with E-state index in [0.29, 0.717) is 37.9 Å². The molecule has 1 unspecified atom stereocenters. The van der Waals surface area contributed by atoms with E-state index in [4.69, 9.17) is 9.11 Å². The van der Waals surface area contributed by atoms with Crippen LogP contribution in [0.3, 0.4) is 0 Å². The molecule has 2 heterocycles. The lowest BCUT2D eigenvalue weighted by Crippen LogP contribution is -2.40. The van der Waals surface area contributed by atoms with E-state index in [-0.39, 0.29) is 34.3 Å². The average molecular weight is 749 g/mol. The maximum absolute atomic E-state index is 11.9. The SMILES string of the molecule is CC(/C=C/C=C1/N(CCCCS(=O)(=O)O)c2ccc(S(=O)(=O)O)cc2C1(C)C)=C\C=C\C1N(CCCCS(=O)(=O)O)c2ccccc2C1(C)C. The molecule has 11 nitrogen and oxygen atoms in total. The van der Waals surface area contributed by atoms with Gasteiger partial charge in [0.2, 0.25) is 0 Å². The lowest BCUT2D eigenvalue weighted by atomic mass is 9.80. The van der Waals surface area contributed by atoms with Gasteiger partial charge in [0, 0.05) is 41.0 Å². The summed E-state index contributed by atoms with van der Waals surface area (Å²) in [5, 5.41) is 0. The molecule has 2 aliphatic heterocycles. The van der Waals surface area contributed by atoms with Crippen molar-refractivity contribution in [2.45, 2.75) is 82.1 Å². The molecule has 0 fully saturated rings. The summed E-state index contributed by atoms with van der Waals surface area (Å²) in [7, 11) is -12.5. The van der Waals surface area contributed by atoms with Gasteiger partial charge in [-0.1, -0.05) is 81.8 Å². The minimum Gasteiger partial charge on any atom is -0.364 e. The molecule has 50 heavy (non-hydrogen) atoms. The van der Waals surface area contributed by atoms with E-state index >= 15 is 0 Å². The molecule has 0 spiro atoms. The van der Waals surface area contributed by atoms with Crippen molar-refractivity contribution in [3.8, 4) is 0 Å². The third-order valence-corrected chi connectivity index (χ3v) is 12.0. The second kappa shape index (κ2) is 15.1. The molecule has 0 radical (unpaired) electrons. The third kappa shape index (κ3) is 9.53. The standard InChI is InChI=1S/C36H48N2O9S3/c1-27(14-12-18-33-35(2,3)29-16-6-7-17-31(29)37(33)22-8-10-24-48(39,40)41)15-13-19-34-36(4,5)30-26-28(50(45,46)47)20-21-32(30)38(34)23-9-11-25-49(42,43)44/h6-7,12-21,26,33H,8-11,22-25H2,1-5H3,(H,39,40,41)(H,42,43,44)(H,45,46,47)/b15-13+,18-12+,27-14+,34-19+. The van der Waals surface area contributed by atoms with Crippen LogP contribution in [-0.2, 0) is 41.2 Å². The van der Waals surface area contributed by atoms with Gasteiger partial charge < -0.3 is 9.80 Å². The Bertz CT molecular complexity index is 2030. The molecule has 0 saturated heterocycles. The van der Waals surface area contributed by atoms with E-state index in [1.807, 2.05) is 68.2 Å². The Morgan fingerprint density at radius 3 is 2.02 bits per heavy atom. The van der Waals surface area contributed by atoms with Crippen molar-refractivity contribution in [1.82, 2.24) is 0 Å². The predicted octanol–water partition coefficient (Wildman–Crippen LogP) is 6.48. The molecule has 2 aromatic carbocycles. The molecule has 0 bridgehead atoms. The Kier molecular flexibility index (Phi) is 12.0. The van der Waals surface area contributed by atoms with E-state index in [9.17, 15) is 29.8 Å². The van der Waals surface area contributed by atoms with Crippen LogP contribution < -0.4 is 9.80 Å². The molecule has 4 rings (SSSR count). The molecule has 2 aliphatic rings. The van der Waals surface area contributed by atoms with Crippen LogP contribution in [-0.4, -0.2) is 69.5 Å². The quantitative estimate of drug-likeness (QED) is 0.104. The van der Waals surface area contributed by atoms with Crippen LogP contribution in [0.25, 0.3) is 0 Å². The lowest BCUT2D eigenvalue weighted by Gasteiger charge is -2.32. The van der Waals surface area contributed by atoms with E-state index in [1.165, 1.54) is 17.7 Å². The number of anilines is 2. The normalized spacial score (nSPS) is 20.0. The number of rotatable bonds is 15. The molecule has 3 N–H and O–H groups in total. The van der Waals surface area contributed by atoms with E-state index in [0.717, 1.165) is 22.6 Å². The predicted molar refractivity (Wildman–Crippen MR) is 199 cm³/mol. The maximum Gasteiger partial charge on any atom is 0.294 e. The summed E-state index contributed by atoms with van der Waals surface area (Å²) < 4.78 is 96.9. The Labute approximate surface area is 297 Å². The molecule has 0 saturated carbocycles. The van der Waals surface area contributed by atoms with Gasteiger partial charge in [-0.2, -0.15) is 25.3 Å². The van der Waals surface area contributed by atoms with Crippen molar-refractivity contribution < 1.29 is 38.9 Å². The zero-order valence-corrected chi connectivity index (χ0v) is 31.6. The summed E-state index contributed by atoms with van der Waals surface area (Å²) in [5.74, 6) is -0.622. The first kappa shape index (κ1) is 39.5. The lowest BCUT2D eigenvalue weighted by molar-refractivity contribution is 0.466. The molecule has 2 aromatic rings. The first-order valence-corrected chi connectivity index (χ1v) is 21.2. The van der Waals surface area contributed by atoms with E-state index in [1.54, 1.807) is 6.07 Å². The van der Waals surface area contributed by atoms with E-state index < -0.39 is 35.8 Å². The van der Waals surface area contributed by atoms with Crippen LogP contribution in [0.15, 0.2) is 95.1 Å². The number of benzene rings is 2. The van der Waals surface area contributed by atoms with Crippen molar-refractivity contribution in [2.75, 3.05) is 34.4 Å². The first-order valence-electron chi connectivity index (χ1n) is 16.5. The summed E-state index contributed by atoms with van der Waals surface area (Å²) in [6.07, 6.45) is 13.7. The fourth-order valence-electron chi connectivity index (χ4n) is 6.91. The number of hydrogen-bond donors (Lipinski definition) is 3. The van der Waals surface area contributed by atoms with Gasteiger partial charge in [0.05, 0.1) is 22.4 Å². The summed E-state index contributed by atoms with van der Waals surface area (Å²) in [4.78, 5) is 4.10. The maximum atomic E-state index is 11.9. The van der Waals surface area contributed by atoms with Crippen LogP contribution in [0.5, 0.6) is 0 Å². The summed E-state index contributed by atoms with van der Waals surface area (Å²) >= 11 is 0. The van der Waals surface area contributed by atoms with Gasteiger partial charge >= 0.3 is 0 Å². The Hall–Kier alpha value is -3.27. The number of hydrogen-bond acceptors (Lipinski definition) is 8. The zero-order valence-electron chi connectivity index (χ0n) is 29.2. The number of nitrogens with zero attached hydrogens (tertiary/aromatic N) is 2. The van der Waals surface area contributed by atoms with Crippen LogP contribution in [0.4, 0.5) is 11.4 Å². The van der Waals surface area contributed by atoms with Crippen LogP contribution in [0, 0.1) is 0 Å². The number of para-hydroxylation sites is 1. The highest BCUT2D eigenvalue weighted by atomic mass is 32.2. The molecule has 0 aliphatic carbocycles. The first-order chi connectivity index (χ1) is 23.1. The highest BCUT2D eigenvalue weighted by Gasteiger charge is 2.43. The van der Waals surface area contributed by atoms with Crippen molar-refractivity contribution >= 4 is 41.7 Å². The third-order valence-electron chi connectivity index (χ3n) is 9.50. The van der Waals surface area contributed by atoms with Gasteiger partial charge in [0.15, 0.2) is 0 Å². The minimum absolute atomic E-state index is 0.0144. The zero-order chi connectivity index (χ0) is 37.1. The summed E-state index contributed by atoms with van der Waals surface area (Å²) in [5.41, 5.74) is 4.76. The fourth-order valence-corrected chi connectivity index (χ4v) is 8.55. The van der Waals surface area contributed by atoms with Crippen LogP contribution in [0.1, 0.15) is 71.4 Å². The Balaban J connectivity index is 1.56. The smallest absolute Gasteiger partial charge is 0.294 e. The number of allylic oxidation sites excluding steroid dienone is 7. The highest BCUT2D eigenvalue weighted by Crippen LogP contribution is 2.49. The molecule has 1 atom stereocenters. The largest absolute Gasteiger partial charge is 0.364 e. The molecule has 14 heteroatoms. The molecule has 274 valence electrons. The van der Waals surface area contributed by atoms with Gasteiger partial charge in [-0.25, -0.2) is 0 Å². The van der Waals surface area contributed by atoms with Crippen molar-refractivity contribution in [3.05, 3.63) is 101 Å².